The van der Waals surface area contributed by atoms with E-state index < -0.39 is 88.4 Å². The maximum absolute atomic E-state index is 13.9. The zero-order chi connectivity index (χ0) is 97.4. The Morgan fingerprint density at radius 1 is 0.741 bits per heavy atom. The number of amides is 6. The van der Waals surface area contributed by atoms with Crippen molar-refractivity contribution in [2.45, 2.75) is 268 Å². The Kier molecular flexibility index (Phi) is 36.7. The number of nitrogen functional groups attached to an aromatic ring is 1. The molecule has 6 saturated heterocycles. The van der Waals surface area contributed by atoms with Crippen LogP contribution in [-0.4, -0.2) is 249 Å². The summed E-state index contributed by atoms with van der Waals surface area (Å²) >= 11 is 8.18. The van der Waals surface area contributed by atoms with Crippen LogP contribution in [-0.2, 0) is 91.7 Å². The van der Waals surface area contributed by atoms with Crippen LogP contribution in [0.5, 0.6) is 0 Å². The van der Waals surface area contributed by atoms with E-state index in [-0.39, 0.29) is 207 Å². The number of nitrogens with two attached hydrogens (primary N) is 1. The van der Waals surface area contributed by atoms with Gasteiger partial charge in [-0.2, -0.15) is 30.2 Å². The Hall–Kier alpha value is -8.91. The summed E-state index contributed by atoms with van der Waals surface area (Å²) in [6, 6.07) is 18.9. The number of fused-ring (bicyclic) bond motifs is 6. The van der Waals surface area contributed by atoms with Crippen LogP contribution in [0.4, 0.5) is 17.3 Å². The number of ether oxygens (including phenoxy) is 7. The van der Waals surface area contributed by atoms with Crippen molar-refractivity contribution < 1.29 is 96.7 Å². The van der Waals surface area contributed by atoms with Gasteiger partial charge < -0.3 is 96.1 Å². The number of nitrogens with one attached hydrogen (secondary N) is 7. The van der Waals surface area contributed by atoms with Crippen molar-refractivity contribution in [2.24, 2.45) is 54.4 Å². The van der Waals surface area contributed by atoms with Crippen molar-refractivity contribution in [1.29, 1.82) is 0 Å². The van der Waals surface area contributed by atoms with Gasteiger partial charge in [0.25, 0.3) is 11.5 Å². The number of aliphatic hydroxyl groups is 2. The fourth-order valence-electron chi connectivity index (χ4n) is 20.3. The third-order valence-corrected chi connectivity index (χ3v) is 30.6. The molecule has 3 aromatic heterocycles. The third-order valence-electron chi connectivity index (χ3n) is 27.7. The third kappa shape index (κ3) is 25.8. The molecule has 0 bridgehead atoms. The fraction of sp³-hybridized carbons (Fsp3) is 0.632. The number of aromatic nitrogens is 7. The summed E-state index contributed by atoms with van der Waals surface area (Å²) < 4.78 is 49.7. The SMILES string of the molecule is CO[C@@H]1C[C@@H](C[C@H]2CC[C@H](C)C([C@@H](C)C(=O)NCCSSC[C@H](NC(=O)C(CCCNC(=O)CCS)CC(=O)CC[C@H](NC(=O)c3ccc(NCc4cnc5nc(N)[nH]c(=O)c5n4)cc3)C(=O)O)C(=O)O)O2)O[C@]2(O[C@@](C)(C3CC[C@@](C)([C@@H]4O[C@@H]([C@@H]5O[C@@](O)(CO)[C@H](C)C[C@@H]5C)C[C@@H]4C)O3)C[C@H]2C)[C@@H]1C.Cn1nnc2c1-c1ccccc1N(C(=O)CCC(=O)NCCS)Cc1ccccc1-2. The van der Waals surface area contributed by atoms with Gasteiger partial charge in [-0.15, -0.1) is 5.10 Å². The number of Topliss-reactive ketones (excluding diaryl/α,β-unsaturated/α-hetero) is 1. The molecule has 6 fully saturated rings. The number of aromatic amines is 1. The number of aryl methyl sites for hydroxylation is 1. The van der Waals surface area contributed by atoms with E-state index in [0.29, 0.717) is 67.4 Å². The van der Waals surface area contributed by atoms with Crippen LogP contribution in [0, 0.1) is 47.3 Å². The minimum Gasteiger partial charge on any atom is -0.480 e. The number of para-hydroxylation sites is 1. The largest absolute Gasteiger partial charge is 0.480 e. The van der Waals surface area contributed by atoms with Crippen LogP contribution in [0.15, 0.2) is 83.8 Å². The summed E-state index contributed by atoms with van der Waals surface area (Å²) in [4.78, 5) is 146. The number of thiol groups is 2. The van der Waals surface area contributed by atoms with E-state index in [4.69, 9.17) is 38.9 Å². The summed E-state index contributed by atoms with van der Waals surface area (Å²) in [7, 11) is 6.10. The number of benzene rings is 3. The number of ketones is 1. The number of carboxylic acids is 2. The van der Waals surface area contributed by atoms with Gasteiger partial charge in [-0.3, -0.25) is 43.3 Å². The Balaban J connectivity index is 0.000000458. The van der Waals surface area contributed by atoms with Gasteiger partial charge in [0.15, 0.2) is 22.7 Å². The second kappa shape index (κ2) is 47.2. The molecule has 0 radical (unpaired) electrons. The summed E-state index contributed by atoms with van der Waals surface area (Å²) in [6.07, 6.45) is 5.74. The number of anilines is 3. The van der Waals surface area contributed by atoms with Crippen molar-refractivity contribution in [1.82, 2.24) is 61.5 Å². The highest BCUT2D eigenvalue weighted by Gasteiger charge is 2.65. The van der Waals surface area contributed by atoms with E-state index >= 15 is 0 Å². The molecule has 0 saturated carbocycles. The molecule has 40 heteroatoms. The first-order valence-electron chi connectivity index (χ1n) is 46.9. The maximum atomic E-state index is 13.9. The van der Waals surface area contributed by atoms with Crippen molar-refractivity contribution in [3.8, 4) is 22.5 Å². The Bertz CT molecular complexity index is 5200. The minimum absolute atomic E-state index is 0.00829. The topological polar surface area (TPSA) is 503 Å². The number of aliphatic carboxylic acids is 2. The van der Waals surface area contributed by atoms with E-state index in [9.17, 15) is 68.4 Å². The van der Waals surface area contributed by atoms with Crippen LogP contribution >= 0.6 is 46.8 Å². The first-order chi connectivity index (χ1) is 64.4. The average Bonchev–Trinajstić information content (AvgIpc) is 1.56. The minimum atomic E-state index is -1.61. The molecule has 135 heavy (non-hydrogen) atoms. The van der Waals surface area contributed by atoms with E-state index in [1.54, 1.807) is 28.8 Å². The highest BCUT2D eigenvalue weighted by Crippen LogP contribution is 2.58. The molecule has 3 unspecified atom stereocenters. The highest BCUT2D eigenvalue weighted by molar-refractivity contribution is 8.76. The molecule has 13 N–H and O–H groups in total. The molecular formula is C95H133N15O21S4. The zero-order valence-corrected chi connectivity index (χ0v) is 82.1. The summed E-state index contributed by atoms with van der Waals surface area (Å²) in [5.74, 6) is -8.23. The Morgan fingerprint density at radius 3 is 2.19 bits per heavy atom. The van der Waals surface area contributed by atoms with Crippen LogP contribution in [0.1, 0.15) is 193 Å². The summed E-state index contributed by atoms with van der Waals surface area (Å²) in [5.41, 5.74) is 10.3. The molecule has 22 atom stereocenters. The number of carbonyl (C=O) groups excluding carboxylic acids is 7. The van der Waals surface area contributed by atoms with Gasteiger partial charge in [0.05, 0.1) is 109 Å². The van der Waals surface area contributed by atoms with E-state index in [1.807, 2.05) is 69.4 Å². The number of rotatable bonds is 40. The van der Waals surface area contributed by atoms with Crippen LogP contribution in [0.2, 0.25) is 0 Å². The predicted molar refractivity (Wildman–Crippen MR) is 516 cm³/mol. The number of nitrogens with zero attached hydrogens (tertiary/aromatic N) is 7. The normalized spacial score (nSPS) is 28.4. The Labute approximate surface area is 805 Å². The van der Waals surface area contributed by atoms with Gasteiger partial charge in [0, 0.05) is 142 Å². The van der Waals surface area contributed by atoms with E-state index in [1.165, 1.54) is 39.9 Å². The molecule has 10 heterocycles. The molecule has 13 rings (SSSR count). The lowest BCUT2D eigenvalue weighted by Crippen LogP contribution is -2.58. The second-order valence-electron chi connectivity index (χ2n) is 37.7. The molecule has 0 aliphatic carbocycles. The number of carbonyl (C=O) groups is 9. The van der Waals surface area contributed by atoms with E-state index in [2.05, 4.69) is 136 Å². The molecule has 36 nitrogen and oxygen atoms in total. The van der Waals surface area contributed by atoms with Gasteiger partial charge in [-0.05, 0) is 137 Å². The summed E-state index contributed by atoms with van der Waals surface area (Å²) in [5, 5.41) is 66.9. The monoisotopic (exact) mass is 1950 g/mol. The number of hydrogen-bond acceptors (Lipinski definition) is 30. The van der Waals surface area contributed by atoms with Gasteiger partial charge in [-0.25, -0.2) is 24.2 Å². The van der Waals surface area contributed by atoms with Crippen molar-refractivity contribution >= 4 is 128 Å². The van der Waals surface area contributed by atoms with Crippen LogP contribution < -0.4 is 48.1 Å². The van der Waals surface area contributed by atoms with Gasteiger partial charge in [0.1, 0.15) is 23.6 Å². The first kappa shape index (κ1) is 105. The number of methoxy groups -OCH3 is 1. The summed E-state index contributed by atoms with van der Waals surface area (Å²) in [6.45, 7) is 19.8. The van der Waals surface area contributed by atoms with Gasteiger partial charge >= 0.3 is 11.9 Å². The average molecular weight is 1950 g/mol. The maximum Gasteiger partial charge on any atom is 0.327 e. The quantitative estimate of drug-likeness (QED) is 0.00967. The fourth-order valence-corrected chi connectivity index (χ4v) is 22.7. The molecule has 738 valence electrons. The number of H-pyrrole nitrogens is 1. The van der Waals surface area contributed by atoms with Crippen molar-refractivity contribution in [3.63, 3.8) is 0 Å². The number of hydrogen-bond donors (Lipinski definition) is 14. The Morgan fingerprint density at radius 2 is 1.47 bits per heavy atom. The van der Waals surface area contributed by atoms with Gasteiger partial charge in [-0.1, -0.05) is 118 Å². The van der Waals surface area contributed by atoms with Crippen molar-refractivity contribution in [2.75, 3.05) is 72.3 Å². The van der Waals surface area contributed by atoms with Crippen molar-refractivity contribution in [3.05, 3.63) is 106 Å². The van der Waals surface area contributed by atoms with E-state index in [0.717, 1.165) is 65.9 Å². The lowest BCUT2D eigenvalue weighted by molar-refractivity contribution is -0.353. The molecule has 7 aliphatic heterocycles. The number of aliphatic hydroxyl groups excluding tert-OH is 1. The van der Waals surface area contributed by atoms with Crippen LogP contribution in [0.25, 0.3) is 33.7 Å². The molecule has 7 aliphatic rings. The predicted octanol–water partition coefficient (Wildman–Crippen LogP) is 9.19. The lowest BCUT2D eigenvalue weighted by atomic mass is 9.78. The zero-order valence-electron chi connectivity index (χ0n) is 78.6. The highest BCUT2D eigenvalue weighted by atomic mass is 33.1. The van der Waals surface area contributed by atoms with Gasteiger partial charge in [0.2, 0.25) is 35.5 Å². The second-order valence-corrected chi connectivity index (χ2v) is 41.2. The number of carboxylic acid groups (broad SMARTS) is 2. The smallest absolute Gasteiger partial charge is 0.327 e. The molecule has 6 amide bonds. The first-order valence-corrected chi connectivity index (χ1v) is 50.7. The molecular weight excluding hydrogens is 1820 g/mol. The molecule has 6 aromatic rings. The standard InChI is InChI=1S/C73H110N10O19S3.C22H23N5O2S/c1-38-13-19-50(31-51-32-54(96-10)44(7)73(99-51)42(5)33-71(9,102-73)56-21-23-70(8,100-56)61-40(3)29-55(98-61)60-39(2)28-41(4)72(95,37-84)101-60)97-59(38)43(6)63(87)76-25-27-104-105-36-53(68(93)94)81-65(89)46(12-11-24-75-57(86)22-26-103)30-49(85)18-20-52(67(91)92)80-64(88)45-14-16-47(17-15-45)77-34-48-35-78-62-58(79-48)66(90)83-69(74)82-62;1-26-22-17-8-4-5-9-18(17)27(20(29)11-10-19(28)23-12-13-30)14-15-6-2-3-7-16(15)21(22)24-25-26/h14-17,35,38-44,46,50-56,59-61,77,84,95,103H,11-13,18-34,36-37H2,1-10H3,(H,75,86)(H,76,87)(H,80,88)(H,81,89)(H,91,92)(H,93,94)(H3,74,78,82,83,90);2-9,30H,10-14H2,1H3,(H,23,28)/t38-,39-,40-,41+,42+,43+,44+,46?,50+,51+,52-,53-,54+,55+,56?,59?,60+,61+,70-,71+,72-,73+;/m0./s1. The van der Waals surface area contributed by atoms with Crippen LogP contribution in [0.3, 0.4) is 0 Å². The lowest BCUT2D eigenvalue weighted by Gasteiger charge is -2.50. The molecule has 3 aromatic carbocycles. The molecule has 1 spiro atoms.